The average Bonchev–Trinajstić information content (AvgIpc) is 2.76. The van der Waals surface area contributed by atoms with Gasteiger partial charge < -0.3 is 0 Å². The van der Waals surface area contributed by atoms with Crippen LogP contribution in [0, 0.1) is 10.6 Å². The molecule has 0 radical (unpaired) electrons. The standard InChI is InChI=1S/C13H14ClFN4OS/c1-7(2)12-16-17-13(21)19(12)18-11(20)6-8-9(14)4-3-5-10(8)15/h3-5,7H,6H2,1-2H3,(H,17,21)(H,18,20). The smallest absolute Gasteiger partial charge is 0.243 e. The van der Waals surface area contributed by atoms with E-state index >= 15 is 0 Å². The molecule has 0 unspecified atom stereocenters. The van der Waals surface area contributed by atoms with Crippen molar-refractivity contribution in [1.29, 1.82) is 0 Å². The Labute approximate surface area is 131 Å². The predicted octanol–water partition coefficient (Wildman–Crippen LogP) is 3.17. The van der Waals surface area contributed by atoms with Crippen molar-refractivity contribution in [3.05, 3.63) is 45.2 Å². The van der Waals surface area contributed by atoms with E-state index in [1.807, 2.05) is 13.8 Å². The Morgan fingerprint density at radius 3 is 2.90 bits per heavy atom. The van der Waals surface area contributed by atoms with Gasteiger partial charge in [-0.1, -0.05) is 31.5 Å². The van der Waals surface area contributed by atoms with Gasteiger partial charge in [-0.15, -0.1) is 0 Å². The first-order valence-corrected chi connectivity index (χ1v) is 7.08. The number of aromatic amines is 1. The van der Waals surface area contributed by atoms with Gasteiger partial charge in [0.1, 0.15) is 5.82 Å². The highest BCUT2D eigenvalue weighted by molar-refractivity contribution is 7.71. The highest BCUT2D eigenvalue weighted by atomic mass is 35.5. The molecule has 1 aromatic heterocycles. The van der Waals surface area contributed by atoms with Gasteiger partial charge in [0.05, 0.1) is 6.42 Å². The maximum Gasteiger partial charge on any atom is 0.243 e. The Morgan fingerprint density at radius 2 is 2.29 bits per heavy atom. The molecule has 2 rings (SSSR count). The van der Waals surface area contributed by atoms with E-state index in [1.165, 1.54) is 22.9 Å². The number of aromatic nitrogens is 3. The summed E-state index contributed by atoms with van der Waals surface area (Å²) in [5.74, 6) is -0.290. The van der Waals surface area contributed by atoms with E-state index in [-0.39, 0.29) is 27.7 Å². The summed E-state index contributed by atoms with van der Waals surface area (Å²) in [5.41, 5.74) is 2.75. The number of hydrogen-bond acceptors (Lipinski definition) is 3. The first kappa shape index (κ1) is 15.7. The number of nitrogens with one attached hydrogen (secondary N) is 2. The Kier molecular flexibility index (Phi) is 4.74. The minimum Gasteiger partial charge on any atom is -0.273 e. The van der Waals surface area contributed by atoms with Crippen LogP contribution in [0.4, 0.5) is 4.39 Å². The van der Waals surface area contributed by atoms with Crippen molar-refractivity contribution >= 4 is 29.7 Å². The minimum absolute atomic E-state index is 0.0651. The number of hydrogen-bond donors (Lipinski definition) is 2. The van der Waals surface area contributed by atoms with Crippen LogP contribution >= 0.6 is 23.8 Å². The fourth-order valence-corrected chi connectivity index (χ4v) is 2.25. The molecule has 1 aromatic carbocycles. The quantitative estimate of drug-likeness (QED) is 0.847. The minimum atomic E-state index is -0.516. The second-order valence-electron chi connectivity index (χ2n) is 4.79. The Morgan fingerprint density at radius 1 is 1.57 bits per heavy atom. The molecule has 8 heteroatoms. The number of carbonyl (C=O) groups excluding carboxylic acids is 1. The molecule has 1 amide bonds. The van der Waals surface area contributed by atoms with Crippen molar-refractivity contribution in [2.75, 3.05) is 5.43 Å². The van der Waals surface area contributed by atoms with Crippen LogP contribution in [0.15, 0.2) is 18.2 Å². The molecular formula is C13H14ClFN4OS. The van der Waals surface area contributed by atoms with Gasteiger partial charge in [-0.05, 0) is 24.4 Å². The zero-order chi connectivity index (χ0) is 15.6. The van der Waals surface area contributed by atoms with Crippen molar-refractivity contribution in [2.45, 2.75) is 26.2 Å². The van der Waals surface area contributed by atoms with E-state index in [4.69, 9.17) is 23.8 Å². The van der Waals surface area contributed by atoms with Crippen LogP contribution in [-0.2, 0) is 11.2 Å². The highest BCUT2D eigenvalue weighted by Crippen LogP contribution is 2.19. The Balaban J connectivity index is 2.20. The molecule has 0 saturated carbocycles. The van der Waals surface area contributed by atoms with Crippen LogP contribution in [0.1, 0.15) is 31.2 Å². The predicted molar refractivity (Wildman–Crippen MR) is 81.0 cm³/mol. The highest BCUT2D eigenvalue weighted by Gasteiger charge is 2.15. The molecule has 0 bridgehead atoms. The number of amides is 1. The van der Waals surface area contributed by atoms with E-state index in [0.717, 1.165) is 0 Å². The number of carbonyl (C=O) groups is 1. The SMILES string of the molecule is CC(C)c1n[nH]c(=S)n1NC(=O)Cc1c(F)cccc1Cl. The van der Waals surface area contributed by atoms with Gasteiger partial charge in [0.2, 0.25) is 10.7 Å². The third-order valence-corrected chi connectivity index (χ3v) is 3.48. The third kappa shape index (κ3) is 3.48. The van der Waals surface area contributed by atoms with E-state index in [9.17, 15) is 9.18 Å². The maximum atomic E-state index is 13.7. The van der Waals surface area contributed by atoms with Gasteiger partial charge in [0.25, 0.3) is 0 Å². The van der Waals surface area contributed by atoms with E-state index < -0.39 is 11.7 Å². The molecular weight excluding hydrogens is 315 g/mol. The normalized spacial score (nSPS) is 10.9. The fraction of sp³-hybridized carbons (Fsp3) is 0.308. The van der Waals surface area contributed by atoms with Crippen molar-refractivity contribution in [3.63, 3.8) is 0 Å². The third-order valence-electron chi connectivity index (χ3n) is 2.85. The number of H-pyrrole nitrogens is 1. The molecule has 0 aliphatic carbocycles. The lowest BCUT2D eigenvalue weighted by Crippen LogP contribution is -2.27. The summed E-state index contributed by atoms with van der Waals surface area (Å²) in [6.45, 7) is 3.84. The zero-order valence-corrected chi connectivity index (χ0v) is 13.1. The molecule has 0 fully saturated rings. The fourth-order valence-electron chi connectivity index (χ4n) is 1.83. The van der Waals surface area contributed by atoms with Crippen molar-refractivity contribution in [2.24, 2.45) is 0 Å². The van der Waals surface area contributed by atoms with E-state index in [0.29, 0.717) is 5.82 Å². The molecule has 0 saturated heterocycles. The summed E-state index contributed by atoms with van der Waals surface area (Å²) >= 11 is 11.0. The molecule has 0 spiro atoms. The Bertz CT molecular complexity index is 705. The van der Waals surface area contributed by atoms with Gasteiger partial charge in [-0.3, -0.25) is 15.3 Å². The van der Waals surface area contributed by atoms with Gasteiger partial charge >= 0.3 is 0 Å². The lowest BCUT2D eigenvalue weighted by Gasteiger charge is -2.11. The largest absolute Gasteiger partial charge is 0.273 e. The first-order chi connectivity index (χ1) is 9.90. The maximum absolute atomic E-state index is 13.7. The summed E-state index contributed by atoms with van der Waals surface area (Å²) < 4.78 is 15.3. The van der Waals surface area contributed by atoms with Gasteiger partial charge in [0, 0.05) is 16.5 Å². The number of benzene rings is 1. The number of nitrogens with zero attached hydrogens (tertiary/aromatic N) is 2. The van der Waals surface area contributed by atoms with E-state index in [1.54, 1.807) is 0 Å². The van der Waals surface area contributed by atoms with Gasteiger partial charge in [-0.2, -0.15) is 5.10 Å². The molecule has 0 aliphatic heterocycles. The van der Waals surface area contributed by atoms with Gasteiger partial charge in [-0.25, -0.2) is 9.07 Å². The lowest BCUT2D eigenvalue weighted by molar-refractivity contribution is -0.116. The zero-order valence-electron chi connectivity index (χ0n) is 11.5. The van der Waals surface area contributed by atoms with Gasteiger partial charge in [0.15, 0.2) is 5.82 Å². The summed E-state index contributed by atoms with van der Waals surface area (Å²) in [5, 5.41) is 6.87. The van der Waals surface area contributed by atoms with Crippen LogP contribution in [0.3, 0.4) is 0 Å². The second-order valence-corrected chi connectivity index (χ2v) is 5.58. The Hall–Kier alpha value is -1.73. The number of rotatable bonds is 4. The van der Waals surface area contributed by atoms with Crippen LogP contribution in [-0.4, -0.2) is 20.8 Å². The molecule has 112 valence electrons. The van der Waals surface area contributed by atoms with Crippen LogP contribution in [0.2, 0.25) is 5.02 Å². The lowest BCUT2D eigenvalue weighted by atomic mass is 10.1. The first-order valence-electron chi connectivity index (χ1n) is 6.30. The molecule has 21 heavy (non-hydrogen) atoms. The van der Waals surface area contributed by atoms with Crippen LogP contribution in [0.25, 0.3) is 0 Å². The van der Waals surface area contributed by atoms with Crippen molar-refractivity contribution < 1.29 is 9.18 Å². The monoisotopic (exact) mass is 328 g/mol. The average molecular weight is 329 g/mol. The number of halogens is 2. The summed E-state index contributed by atoms with van der Waals surface area (Å²) in [7, 11) is 0. The molecule has 1 heterocycles. The molecule has 0 atom stereocenters. The molecule has 5 nitrogen and oxygen atoms in total. The molecule has 2 N–H and O–H groups in total. The topological polar surface area (TPSA) is 62.7 Å². The van der Waals surface area contributed by atoms with Crippen molar-refractivity contribution in [3.8, 4) is 0 Å². The summed E-state index contributed by atoms with van der Waals surface area (Å²) in [6.07, 6.45) is -0.185. The molecule has 2 aromatic rings. The summed E-state index contributed by atoms with van der Waals surface area (Å²) in [6, 6.07) is 4.29. The van der Waals surface area contributed by atoms with Crippen LogP contribution < -0.4 is 5.43 Å². The van der Waals surface area contributed by atoms with Crippen molar-refractivity contribution in [1.82, 2.24) is 14.9 Å². The second kappa shape index (κ2) is 6.36. The van der Waals surface area contributed by atoms with E-state index in [2.05, 4.69) is 15.6 Å². The van der Waals surface area contributed by atoms with Crippen LogP contribution in [0.5, 0.6) is 0 Å². The molecule has 0 aliphatic rings. The summed E-state index contributed by atoms with van der Waals surface area (Å²) in [4.78, 5) is 12.1.